The second-order valence-corrected chi connectivity index (χ2v) is 5.94. The fourth-order valence-electron chi connectivity index (χ4n) is 1.82. The normalized spacial score (nSPS) is 11.5. The molecule has 0 saturated carbocycles. The van der Waals surface area contributed by atoms with Crippen LogP contribution in [0.2, 0.25) is 0 Å². The Balaban J connectivity index is 2.48. The van der Waals surface area contributed by atoms with Crippen LogP contribution in [0.5, 0.6) is 0 Å². The summed E-state index contributed by atoms with van der Waals surface area (Å²) in [5.74, 6) is 0. The summed E-state index contributed by atoms with van der Waals surface area (Å²) in [5, 5.41) is 0. The molecule has 0 bridgehead atoms. The van der Waals surface area contributed by atoms with Crippen molar-refractivity contribution in [3.63, 3.8) is 0 Å². The molecule has 0 unspecified atom stereocenters. The van der Waals surface area contributed by atoms with E-state index in [2.05, 4.69) is 9.71 Å². The number of sulfonamides is 1. The van der Waals surface area contributed by atoms with E-state index in [1.165, 1.54) is 6.26 Å². The summed E-state index contributed by atoms with van der Waals surface area (Å²) in [4.78, 5) is 4.07. The minimum atomic E-state index is -3.77. The predicted molar refractivity (Wildman–Crippen MR) is 72.4 cm³/mol. The lowest BCUT2D eigenvalue weighted by Gasteiger charge is -2.12. The van der Waals surface area contributed by atoms with Crippen molar-refractivity contribution in [1.82, 2.24) is 4.98 Å². The quantitative estimate of drug-likeness (QED) is 0.838. The van der Waals surface area contributed by atoms with Gasteiger partial charge in [-0.15, -0.1) is 0 Å². The molecule has 3 N–H and O–H groups in total. The summed E-state index contributed by atoms with van der Waals surface area (Å²) in [6.45, 7) is 5.08. The van der Waals surface area contributed by atoms with E-state index < -0.39 is 10.0 Å². The topological polar surface area (TPSA) is 98.2 Å². The van der Waals surface area contributed by atoms with Crippen LogP contribution in [0, 0.1) is 20.8 Å². The molecular formula is C12H15N3O3S. The third-order valence-corrected chi connectivity index (χ3v) is 4.36. The van der Waals surface area contributed by atoms with Gasteiger partial charge in [-0.2, -0.15) is 4.98 Å². The molecule has 1 aromatic heterocycles. The van der Waals surface area contributed by atoms with E-state index in [9.17, 15) is 8.42 Å². The molecule has 102 valence electrons. The third-order valence-electron chi connectivity index (χ3n) is 2.75. The van der Waals surface area contributed by atoms with Crippen molar-refractivity contribution < 1.29 is 12.8 Å². The van der Waals surface area contributed by atoms with Gasteiger partial charge in [0.25, 0.3) is 10.0 Å². The SMILES string of the molecule is Cc1coc(NS(=O)(=O)c2c(C)ccc(N)c2C)n1. The molecule has 0 aliphatic rings. The van der Waals surface area contributed by atoms with Gasteiger partial charge in [0.05, 0.1) is 10.6 Å². The molecule has 0 aliphatic carbocycles. The molecule has 0 aliphatic heterocycles. The van der Waals surface area contributed by atoms with Crippen molar-refractivity contribution in [3.8, 4) is 0 Å². The van der Waals surface area contributed by atoms with Crippen molar-refractivity contribution in [1.29, 1.82) is 0 Å². The van der Waals surface area contributed by atoms with Crippen molar-refractivity contribution >= 4 is 21.7 Å². The van der Waals surface area contributed by atoms with Gasteiger partial charge in [-0.25, -0.2) is 13.1 Å². The molecule has 19 heavy (non-hydrogen) atoms. The van der Waals surface area contributed by atoms with Crippen LogP contribution in [0.3, 0.4) is 0 Å². The number of oxazole rings is 1. The van der Waals surface area contributed by atoms with E-state index in [0.717, 1.165) is 0 Å². The van der Waals surface area contributed by atoms with E-state index in [-0.39, 0.29) is 10.9 Å². The number of hydrogen-bond donors (Lipinski definition) is 2. The maximum atomic E-state index is 12.3. The number of nitrogens with one attached hydrogen (secondary N) is 1. The van der Waals surface area contributed by atoms with E-state index in [4.69, 9.17) is 10.2 Å². The Morgan fingerprint density at radius 3 is 2.53 bits per heavy atom. The molecule has 2 rings (SSSR count). The number of nitrogen functional groups attached to an aromatic ring is 1. The molecule has 0 fully saturated rings. The highest BCUT2D eigenvalue weighted by Gasteiger charge is 2.22. The standard InChI is InChI=1S/C12H15N3O3S/c1-7-4-5-10(13)9(3)11(7)19(16,17)15-12-14-8(2)6-18-12/h4-6H,13H2,1-3H3,(H,14,15). The lowest BCUT2D eigenvalue weighted by molar-refractivity contribution is 0.569. The van der Waals surface area contributed by atoms with E-state index >= 15 is 0 Å². The fourth-order valence-corrected chi connectivity index (χ4v) is 3.26. The van der Waals surface area contributed by atoms with Crippen LogP contribution in [0.1, 0.15) is 16.8 Å². The highest BCUT2D eigenvalue weighted by atomic mass is 32.2. The minimum Gasteiger partial charge on any atom is -0.431 e. The largest absolute Gasteiger partial charge is 0.431 e. The number of nitrogens with two attached hydrogens (primary N) is 1. The molecule has 0 saturated heterocycles. The highest BCUT2D eigenvalue weighted by molar-refractivity contribution is 7.92. The Bertz CT molecular complexity index is 720. The van der Waals surface area contributed by atoms with Gasteiger partial charge in [0.2, 0.25) is 0 Å². The zero-order valence-corrected chi connectivity index (χ0v) is 11.7. The average Bonchev–Trinajstić information content (AvgIpc) is 2.68. The van der Waals surface area contributed by atoms with Crippen molar-refractivity contribution in [2.75, 3.05) is 10.5 Å². The van der Waals surface area contributed by atoms with Crippen molar-refractivity contribution in [2.24, 2.45) is 0 Å². The lowest BCUT2D eigenvalue weighted by atomic mass is 10.1. The van der Waals surface area contributed by atoms with Crippen molar-refractivity contribution in [3.05, 3.63) is 35.2 Å². The Hall–Kier alpha value is -2.02. The van der Waals surface area contributed by atoms with Gasteiger partial charge in [0.15, 0.2) is 0 Å². The predicted octanol–water partition coefficient (Wildman–Crippen LogP) is 1.98. The molecule has 0 spiro atoms. The van der Waals surface area contributed by atoms with Gasteiger partial charge in [-0.1, -0.05) is 6.07 Å². The van der Waals surface area contributed by atoms with Gasteiger partial charge in [0, 0.05) is 5.69 Å². The first kappa shape index (κ1) is 13.4. The van der Waals surface area contributed by atoms with Gasteiger partial charge in [0.1, 0.15) is 6.26 Å². The van der Waals surface area contributed by atoms with Gasteiger partial charge >= 0.3 is 6.01 Å². The first-order chi connectivity index (χ1) is 8.81. The summed E-state index contributed by atoms with van der Waals surface area (Å²) in [7, 11) is -3.77. The van der Waals surface area contributed by atoms with Gasteiger partial charge in [-0.05, 0) is 38.0 Å². The molecule has 1 heterocycles. The molecular weight excluding hydrogens is 266 g/mol. The molecule has 6 nitrogen and oxygen atoms in total. The number of benzene rings is 1. The fraction of sp³-hybridized carbons (Fsp3) is 0.250. The summed E-state index contributed by atoms with van der Waals surface area (Å²) < 4.78 is 32.0. The Morgan fingerprint density at radius 1 is 1.26 bits per heavy atom. The molecule has 0 atom stereocenters. The van der Waals surface area contributed by atoms with Crippen LogP contribution in [0.25, 0.3) is 0 Å². The molecule has 7 heteroatoms. The number of anilines is 2. The van der Waals surface area contributed by atoms with E-state index in [1.807, 2.05) is 0 Å². The first-order valence-electron chi connectivity index (χ1n) is 5.62. The Morgan fingerprint density at radius 2 is 1.95 bits per heavy atom. The zero-order chi connectivity index (χ0) is 14.2. The summed E-state index contributed by atoms with van der Waals surface area (Å²) >= 11 is 0. The van der Waals surface area contributed by atoms with Gasteiger partial charge in [-0.3, -0.25) is 0 Å². The van der Waals surface area contributed by atoms with E-state index in [0.29, 0.717) is 22.5 Å². The minimum absolute atomic E-state index is 0.0567. The second kappa shape index (κ2) is 4.58. The Labute approximate surface area is 111 Å². The first-order valence-corrected chi connectivity index (χ1v) is 7.10. The monoisotopic (exact) mass is 281 g/mol. The van der Waals surface area contributed by atoms with Crippen LogP contribution in [0.4, 0.5) is 11.7 Å². The number of aromatic nitrogens is 1. The average molecular weight is 281 g/mol. The summed E-state index contributed by atoms with van der Waals surface area (Å²) in [5.41, 5.74) is 7.90. The van der Waals surface area contributed by atoms with E-state index in [1.54, 1.807) is 32.9 Å². The van der Waals surface area contributed by atoms with Crippen molar-refractivity contribution in [2.45, 2.75) is 25.7 Å². The Kier molecular flexibility index (Phi) is 3.23. The molecule has 2 aromatic rings. The third kappa shape index (κ3) is 2.55. The number of aryl methyl sites for hydroxylation is 2. The van der Waals surface area contributed by atoms with Crippen LogP contribution >= 0.6 is 0 Å². The smallest absolute Gasteiger partial charge is 0.309 e. The number of hydrogen-bond acceptors (Lipinski definition) is 5. The highest BCUT2D eigenvalue weighted by Crippen LogP contribution is 2.26. The van der Waals surface area contributed by atoms with Crippen LogP contribution in [0.15, 0.2) is 27.7 Å². The maximum absolute atomic E-state index is 12.3. The number of nitrogens with zero attached hydrogens (tertiary/aromatic N) is 1. The van der Waals surface area contributed by atoms with Crippen LogP contribution < -0.4 is 10.5 Å². The lowest BCUT2D eigenvalue weighted by Crippen LogP contribution is -2.16. The summed E-state index contributed by atoms with van der Waals surface area (Å²) in [6, 6.07) is 3.29. The molecule has 0 radical (unpaired) electrons. The van der Waals surface area contributed by atoms with Gasteiger partial charge < -0.3 is 10.2 Å². The molecule has 0 amide bonds. The second-order valence-electron chi connectivity index (χ2n) is 4.33. The van der Waals surface area contributed by atoms with Crippen LogP contribution in [-0.2, 0) is 10.0 Å². The van der Waals surface area contributed by atoms with Crippen LogP contribution in [-0.4, -0.2) is 13.4 Å². The summed E-state index contributed by atoms with van der Waals surface area (Å²) in [6.07, 6.45) is 1.37. The molecule has 1 aromatic carbocycles. The number of rotatable bonds is 3. The zero-order valence-electron chi connectivity index (χ0n) is 10.9. The maximum Gasteiger partial charge on any atom is 0.309 e.